The van der Waals surface area contributed by atoms with Gasteiger partial charge in [0.05, 0.1) is 0 Å². The van der Waals surface area contributed by atoms with Gasteiger partial charge in [0.2, 0.25) is 0 Å². The van der Waals surface area contributed by atoms with Gasteiger partial charge >= 0.3 is 0 Å². The molecule has 21 heavy (non-hydrogen) atoms. The molecule has 0 unspecified atom stereocenters. The van der Waals surface area contributed by atoms with Crippen molar-refractivity contribution >= 4 is 11.6 Å². The molecule has 118 valence electrons. The number of halogens is 1. The van der Waals surface area contributed by atoms with E-state index < -0.39 is 0 Å². The zero-order chi connectivity index (χ0) is 15.1. The number of aryl methyl sites for hydroxylation is 1. The van der Waals surface area contributed by atoms with Gasteiger partial charge in [-0.05, 0) is 76.9 Å². The molecular weight excluding hydrogens is 280 g/mol. The van der Waals surface area contributed by atoms with Gasteiger partial charge < -0.3 is 4.90 Å². The number of hydrogen-bond donors (Lipinski definition) is 0. The fourth-order valence-electron chi connectivity index (χ4n) is 3.05. The van der Waals surface area contributed by atoms with Gasteiger partial charge in [-0.3, -0.25) is 4.90 Å². The van der Waals surface area contributed by atoms with Gasteiger partial charge in [-0.25, -0.2) is 0 Å². The van der Waals surface area contributed by atoms with E-state index in [1.54, 1.807) is 0 Å². The van der Waals surface area contributed by atoms with Crippen LogP contribution in [0.4, 0.5) is 0 Å². The summed E-state index contributed by atoms with van der Waals surface area (Å²) in [6.45, 7) is 10.9. The highest BCUT2D eigenvalue weighted by atomic mass is 35.5. The molecule has 1 aliphatic rings. The molecule has 1 aliphatic heterocycles. The number of hydrogen-bond acceptors (Lipinski definition) is 2. The minimum Gasteiger partial charge on any atom is -0.302 e. The molecule has 1 saturated heterocycles. The van der Waals surface area contributed by atoms with Crippen LogP contribution in [-0.2, 0) is 6.42 Å². The number of benzene rings is 1. The van der Waals surface area contributed by atoms with Crippen LogP contribution in [0.1, 0.15) is 38.7 Å². The first-order valence-corrected chi connectivity index (χ1v) is 8.74. The lowest BCUT2D eigenvalue weighted by Gasteiger charge is -2.24. The molecule has 0 amide bonds. The second-order valence-electron chi connectivity index (χ2n) is 6.41. The van der Waals surface area contributed by atoms with Gasteiger partial charge in [0.25, 0.3) is 0 Å². The Labute approximate surface area is 135 Å². The highest BCUT2D eigenvalue weighted by Crippen LogP contribution is 2.12. The third kappa shape index (κ3) is 5.98. The first-order chi connectivity index (χ1) is 10.1. The average molecular weight is 309 g/mol. The molecule has 1 heterocycles. The average Bonchev–Trinajstić information content (AvgIpc) is 2.71. The maximum Gasteiger partial charge on any atom is 0.0406 e. The normalized spacial score (nSPS) is 18.1. The summed E-state index contributed by atoms with van der Waals surface area (Å²) in [5.41, 5.74) is 1.40. The summed E-state index contributed by atoms with van der Waals surface area (Å²) in [6, 6.07) is 8.97. The molecule has 1 fully saturated rings. The summed E-state index contributed by atoms with van der Waals surface area (Å²) in [5, 5.41) is 0.832. The van der Waals surface area contributed by atoms with Gasteiger partial charge in [-0.2, -0.15) is 0 Å². The van der Waals surface area contributed by atoms with Gasteiger partial charge in [-0.15, -0.1) is 0 Å². The van der Waals surface area contributed by atoms with E-state index in [4.69, 9.17) is 11.6 Å². The Morgan fingerprint density at radius 3 is 2.48 bits per heavy atom. The SMILES string of the molecule is CC(C)N1CCCN(CCCCc2ccc(Cl)cc2)CC1. The summed E-state index contributed by atoms with van der Waals surface area (Å²) in [6.07, 6.45) is 5.05. The van der Waals surface area contributed by atoms with Crippen molar-refractivity contribution in [1.29, 1.82) is 0 Å². The second kappa shape index (κ2) is 8.77. The predicted octanol–water partition coefficient (Wildman–Crippen LogP) is 4.08. The van der Waals surface area contributed by atoms with Gasteiger partial charge in [0.15, 0.2) is 0 Å². The van der Waals surface area contributed by atoms with Crippen molar-refractivity contribution in [3.63, 3.8) is 0 Å². The lowest BCUT2D eigenvalue weighted by Crippen LogP contribution is -2.35. The summed E-state index contributed by atoms with van der Waals surface area (Å²) >= 11 is 5.91. The van der Waals surface area contributed by atoms with E-state index in [0.717, 1.165) is 5.02 Å². The summed E-state index contributed by atoms with van der Waals surface area (Å²) < 4.78 is 0. The topological polar surface area (TPSA) is 6.48 Å². The largest absolute Gasteiger partial charge is 0.302 e. The van der Waals surface area contributed by atoms with Crippen LogP contribution in [0.2, 0.25) is 5.02 Å². The highest BCUT2D eigenvalue weighted by molar-refractivity contribution is 6.30. The molecule has 2 rings (SSSR count). The van der Waals surface area contributed by atoms with Gasteiger partial charge in [-0.1, -0.05) is 23.7 Å². The lowest BCUT2D eigenvalue weighted by atomic mass is 10.1. The van der Waals surface area contributed by atoms with Crippen LogP contribution in [0.5, 0.6) is 0 Å². The fourth-order valence-corrected chi connectivity index (χ4v) is 3.17. The maximum absolute atomic E-state index is 5.91. The molecule has 0 aliphatic carbocycles. The first-order valence-electron chi connectivity index (χ1n) is 8.36. The summed E-state index contributed by atoms with van der Waals surface area (Å²) in [5.74, 6) is 0. The maximum atomic E-state index is 5.91. The lowest BCUT2D eigenvalue weighted by molar-refractivity contribution is 0.219. The minimum absolute atomic E-state index is 0.690. The van der Waals surface area contributed by atoms with E-state index in [9.17, 15) is 0 Å². The highest BCUT2D eigenvalue weighted by Gasteiger charge is 2.16. The van der Waals surface area contributed by atoms with Crippen molar-refractivity contribution in [2.75, 3.05) is 32.7 Å². The fraction of sp³-hybridized carbons (Fsp3) is 0.667. The molecule has 0 aromatic heterocycles. The standard InChI is InChI=1S/C18H29ClN2/c1-16(2)21-13-5-12-20(14-15-21)11-4-3-6-17-7-9-18(19)10-8-17/h7-10,16H,3-6,11-15H2,1-2H3. The number of unbranched alkanes of at least 4 members (excludes halogenated alkanes) is 1. The monoisotopic (exact) mass is 308 g/mol. The quantitative estimate of drug-likeness (QED) is 0.731. The van der Waals surface area contributed by atoms with Crippen LogP contribution < -0.4 is 0 Å². The van der Waals surface area contributed by atoms with Crippen molar-refractivity contribution in [2.24, 2.45) is 0 Å². The molecule has 0 radical (unpaired) electrons. The van der Waals surface area contributed by atoms with Crippen LogP contribution in [-0.4, -0.2) is 48.6 Å². The van der Waals surface area contributed by atoms with Gasteiger partial charge in [0, 0.05) is 24.2 Å². The molecule has 0 saturated carbocycles. The minimum atomic E-state index is 0.690. The van der Waals surface area contributed by atoms with E-state index in [-0.39, 0.29) is 0 Å². The van der Waals surface area contributed by atoms with E-state index in [1.165, 1.54) is 64.0 Å². The molecule has 0 spiro atoms. The molecular formula is C18H29ClN2. The number of rotatable bonds is 6. The first kappa shape index (κ1) is 16.8. The Balaban J connectivity index is 1.63. The van der Waals surface area contributed by atoms with E-state index in [0.29, 0.717) is 6.04 Å². The molecule has 0 N–H and O–H groups in total. The zero-order valence-corrected chi connectivity index (χ0v) is 14.3. The third-order valence-electron chi connectivity index (χ3n) is 4.46. The van der Waals surface area contributed by atoms with Crippen LogP contribution in [0.25, 0.3) is 0 Å². The Kier molecular flexibility index (Phi) is 7.01. The second-order valence-corrected chi connectivity index (χ2v) is 6.84. The Hall–Kier alpha value is -0.570. The molecule has 1 aromatic carbocycles. The Morgan fingerprint density at radius 2 is 1.76 bits per heavy atom. The molecule has 1 aromatic rings. The van der Waals surface area contributed by atoms with Crippen molar-refractivity contribution in [3.8, 4) is 0 Å². The Bertz CT molecular complexity index is 402. The van der Waals surface area contributed by atoms with Crippen molar-refractivity contribution in [3.05, 3.63) is 34.9 Å². The summed E-state index contributed by atoms with van der Waals surface area (Å²) in [4.78, 5) is 5.25. The predicted molar refractivity (Wildman–Crippen MR) is 92.2 cm³/mol. The van der Waals surface area contributed by atoms with Crippen LogP contribution in [0.3, 0.4) is 0 Å². The van der Waals surface area contributed by atoms with E-state index in [2.05, 4.69) is 35.8 Å². The van der Waals surface area contributed by atoms with E-state index in [1.807, 2.05) is 12.1 Å². The molecule has 0 atom stereocenters. The third-order valence-corrected chi connectivity index (χ3v) is 4.71. The van der Waals surface area contributed by atoms with Crippen molar-refractivity contribution in [1.82, 2.24) is 9.80 Å². The molecule has 0 bridgehead atoms. The van der Waals surface area contributed by atoms with Crippen LogP contribution >= 0.6 is 11.6 Å². The Morgan fingerprint density at radius 1 is 1.00 bits per heavy atom. The smallest absolute Gasteiger partial charge is 0.0406 e. The van der Waals surface area contributed by atoms with Crippen molar-refractivity contribution in [2.45, 2.75) is 45.6 Å². The van der Waals surface area contributed by atoms with Gasteiger partial charge in [0.1, 0.15) is 0 Å². The summed E-state index contributed by atoms with van der Waals surface area (Å²) in [7, 11) is 0. The molecule has 3 heteroatoms. The van der Waals surface area contributed by atoms with Crippen LogP contribution in [0, 0.1) is 0 Å². The zero-order valence-electron chi connectivity index (χ0n) is 13.5. The van der Waals surface area contributed by atoms with Crippen molar-refractivity contribution < 1.29 is 0 Å². The van der Waals surface area contributed by atoms with E-state index >= 15 is 0 Å². The molecule has 2 nitrogen and oxygen atoms in total. The number of nitrogens with zero attached hydrogens (tertiary/aromatic N) is 2. The van der Waals surface area contributed by atoms with Crippen LogP contribution in [0.15, 0.2) is 24.3 Å².